The predicted molar refractivity (Wildman–Crippen MR) is 114 cm³/mol. The standard InChI is InChI=1S/C23H24N2O2S/c1-16-11-13-25(20-9-5-6-10-22(20)28-16)23(27)15-21-19-8-4-3-7-18(19)12-14-24(21)17(2)26/h3-10,12,14,16,21H,11,13,15H2,1-2H3. The van der Waals surface area contributed by atoms with Gasteiger partial charge in [-0.05, 0) is 35.8 Å². The van der Waals surface area contributed by atoms with Crippen LogP contribution in [0.2, 0.25) is 0 Å². The van der Waals surface area contributed by atoms with E-state index in [9.17, 15) is 9.59 Å². The van der Waals surface area contributed by atoms with Gasteiger partial charge in [0.15, 0.2) is 0 Å². The highest BCUT2D eigenvalue weighted by Gasteiger charge is 2.31. The normalized spacial score (nSPS) is 20.9. The van der Waals surface area contributed by atoms with Crippen molar-refractivity contribution in [2.24, 2.45) is 0 Å². The molecule has 2 aliphatic rings. The van der Waals surface area contributed by atoms with Gasteiger partial charge in [-0.15, -0.1) is 11.8 Å². The Bertz CT molecular complexity index is 940. The topological polar surface area (TPSA) is 40.6 Å². The molecule has 2 aromatic rings. The second-order valence-electron chi connectivity index (χ2n) is 7.32. The second-order valence-corrected chi connectivity index (χ2v) is 8.80. The average molecular weight is 393 g/mol. The van der Waals surface area contributed by atoms with E-state index in [1.807, 2.05) is 65.2 Å². The molecule has 144 valence electrons. The summed E-state index contributed by atoms with van der Waals surface area (Å²) in [6.45, 7) is 4.46. The molecule has 4 nitrogen and oxygen atoms in total. The molecule has 2 atom stereocenters. The van der Waals surface area contributed by atoms with E-state index in [1.165, 1.54) is 0 Å². The number of amides is 2. The van der Waals surface area contributed by atoms with Crippen LogP contribution in [0, 0.1) is 0 Å². The molecule has 0 bridgehead atoms. The fraction of sp³-hybridized carbons (Fsp3) is 0.304. The van der Waals surface area contributed by atoms with Crippen molar-refractivity contribution in [3.63, 3.8) is 0 Å². The van der Waals surface area contributed by atoms with Crippen LogP contribution in [0.25, 0.3) is 6.08 Å². The second kappa shape index (κ2) is 7.84. The molecule has 0 saturated carbocycles. The Balaban J connectivity index is 1.65. The van der Waals surface area contributed by atoms with Gasteiger partial charge in [0.05, 0.1) is 18.2 Å². The van der Waals surface area contributed by atoms with Crippen LogP contribution >= 0.6 is 11.8 Å². The van der Waals surface area contributed by atoms with Gasteiger partial charge in [-0.3, -0.25) is 9.59 Å². The van der Waals surface area contributed by atoms with Gasteiger partial charge in [0.1, 0.15) is 0 Å². The highest BCUT2D eigenvalue weighted by molar-refractivity contribution is 8.00. The van der Waals surface area contributed by atoms with Gasteiger partial charge in [-0.25, -0.2) is 0 Å². The van der Waals surface area contributed by atoms with Crippen molar-refractivity contribution in [1.29, 1.82) is 0 Å². The van der Waals surface area contributed by atoms with Crippen LogP contribution in [0.3, 0.4) is 0 Å². The lowest BCUT2D eigenvalue weighted by Crippen LogP contribution is -2.38. The van der Waals surface area contributed by atoms with Crippen LogP contribution in [0.15, 0.2) is 59.6 Å². The van der Waals surface area contributed by atoms with Crippen molar-refractivity contribution >= 4 is 35.3 Å². The minimum absolute atomic E-state index is 0.0519. The summed E-state index contributed by atoms with van der Waals surface area (Å²) in [6, 6.07) is 15.8. The average Bonchev–Trinajstić information content (AvgIpc) is 2.86. The number of carbonyl (C=O) groups excluding carboxylic acids is 2. The van der Waals surface area contributed by atoms with Crippen molar-refractivity contribution in [1.82, 2.24) is 4.90 Å². The molecule has 0 radical (unpaired) electrons. The SMILES string of the molecule is CC(=O)N1C=Cc2ccccc2C1CC(=O)N1CCC(C)Sc2ccccc21. The van der Waals surface area contributed by atoms with E-state index in [4.69, 9.17) is 0 Å². The predicted octanol–water partition coefficient (Wildman–Crippen LogP) is 4.87. The number of para-hydroxylation sites is 1. The zero-order chi connectivity index (χ0) is 19.7. The number of nitrogens with zero attached hydrogens (tertiary/aromatic N) is 2. The van der Waals surface area contributed by atoms with Crippen molar-refractivity contribution in [2.45, 2.75) is 42.9 Å². The molecule has 0 fully saturated rings. The number of benzene rings is 2. The summed E-state index contributed by atoms with van der Waals surface area (Å²) in [4.78, 5) is 30.4. The number of carbonyl (C=O) groups is 2. The number of hydrogen-bond acceptors (Lipinski definition) is 3. The van der Waals surface area contributed by atoms with Crippen LogP contribution in [0.1, 0.15) is 43.9 Å². The molecule has 4 rings (SSSR count). The molecule has 5 heteroatoms. The van der Waals surface area contributed by atoms with Crippen LogP contribution < -0.4 is 4.90 Å². The van der Waals surface area contributed by atoms with Gasteiger partial charge < -0.3 is 9.80 Å². The summed E-state index contributed by atoms with van der Waals surface area (Å²) in [5.74, 6) is 0.00694. The van der Waals surface area contributed by atoms with Crippen molar-refractivity contribution < 1.29 is 9.59 Å². The summed E-state index contributed by atoms with van der Waals surface area (Å²) >= 11 is 1.82. The Labute approximate surface area is 170 Å². The zero-order valence-corrected chi connectivity index (χ0v) is 17.0. The maximum Gasteiger partial charge on any atom is 0.229 e. The van der Waals surface area contributed by atoms with Crippen LogP contribution in [0.4, 0.5) is 5.69 Å². The molecular weight excluding hydrogens is 368 g/mol. The highest BCUT2D eigenvalue weighted by Crippen LogP contribution is 2.39. The van der Waals surface area contributed by atoms with Crippen LogP contribution in [0.5, 0.6) is 0 Å². The van der Waals surface area contributed by atoms with E-state index in [0.29, 0.717) is 11.8 Å². The van der Waals surface area contributed by atoms with Crippen LogP contribution in [-0.4, -0.2) is 28.5 Å². The minimum Gasteiger partial charge on any atom is -0.311 e. The third-order valence-electron chi connectivity index (χ3n) is 5.38. The molecular formula is C23H24N2O2S. The minimum atomic E-state index is -0.272. The molecule has 0 spiro atoms. The lowest BCUT2D eigenvalue weighted by Gasteiger charge is -2.34. The molecule has 0 saturated heterocycles. The number of fused-ring (bicyclic) bond motifs is 2. The monoisotopic (exact) mass is 392 g/mol. The van der Waals surface area contributed by atoms with Gasteiger partial charge in [-0.1, -0.05) is 43.3 Å². The summed E-state index contributed by atoms with van der Waals surface area (Å²) in [7, 11) is 0. The molecule has 2 heterocycles. The molecule has 2 aromatic carbocycles. The molecule has 0 N–H and O–H groups in total. The molecule has 0 aliphatic carbocycles. The Morgan fingerprint density at radius 2 is 1.86 bits per heavy atom. The third-order valence-corrected chi connectivity index (χ3v) is 6.62. The summed E-state index contributed by atoms with van der Waals surface area (Å²) in [6.07, 6.45) is 4.96. The first-order valence-corrected chi connectivity index (χ1v) is 10.5. The zero-order valence-electron chi connectivity index (χ0n) is 16.2. The number of rotatable bonds is 2. The highest BCUT2D eigenvalue weighted by atomic mass is 32.2. The number of anilines is 1. The molecule has 2 aliphatic heterocycles. The number of hydrogen-bond donors (Lipinski definition) is 0. The summed E-state index contributed by atoms with van der Waals surface area (Å²) < 4.78 is 0. The molecule has 0 aromatic heterocycles. The Hall–Kier alpha value is -2.53. The Morgan fingerprint density at radius 3 is 2.68 bits per heavy atom. The van der Waals surface area contributed by atoms with E-state index in [-0.39, 0.29) is 24.3 Å². The lowest BCUT2D eigenvalue weighted by atomic mass is 9.93. The van der Waals surface area contributed by atoms with Crippen molar-refractivity contribution in [3.05, 3.63) is 65.9 Å². The van der Waals surface area contributed by atoms with Crippen LogP contribution in [-0.2, 0) is 9.59 Å². The largest absolute Gasteiger partial charge is 0.311 e. The molecule has 2 unspecified atom stereocenters. The summed E-state index contributed by atoms with van der Waals surface area (Å²) in [5.41, 5.74) is 3.08. The first-order valence-electron chi connectivity index (χ1n) is 9.66. The lowest BCUT2D eigenvalue weighted by molar-refractivity contribution is -0.129. The fourth-order valence-corrected chi connectivity index (χ4v) is 5.05. The van der Waals surface area contributed by atoms with Gasteiger partial charge in [0, 0.05) is 29.8 Å². The van der Waals surface area contributed by atoms with E-state index in [2.05, 4.69) is 13.0 Å². The summed E-state index contributed by atoms with van der Waals surface area (Å²) in [5, 5.41) is 0.464. The smallest absolute Gasteiger partial charge is 0.229 e. The van der Waals surface area contributed by atoms with E-state index in [0.717, 1.165) is 28.1 Å². The maximum atomic E-state index is 13.4. The maximum absolute atomic E-state index is 13.4. The van der Waals surface area contributed by atoms with Crippen molar-refractivity contribution in [2.75, 3.05) is 11.4 Å². The van der Waals surface area contributed by atoms with Gasteiger partial charge in [0.25, 0.3) is 0 Å². The van der Waals surface area contributed by atoms with Gasteiger partial charge >= 0.3 is 0 Å². The molecule has 2 amide bonds. The fourth-order valence-electron chi connectivity index (χ4n) is 3.93. The quantitative estimate of drug-likeness (QED) is 0.732. The van der Waals surface area contributed by atoms with Crippen molar-refractivity contribution in [3.8, 4) is 0 Å². The third kappa shape index (κ3) is 3.59. The van der Waals surface area contributed by atoms with E-state index < -0.39 is 0 Å². The van der Waals surface area contributed by atoms with Gasteiger partial charge in [-0.2, -0.15) is 0 Å². The van der Waals surface area contributed by atoms with E-state index in [1.54, 1.807) is 18.0 Å². The first kappa shape index (κ1) is 18.8. The first-order chi connectivity index (χ1) is 13.5. The van der Waals surface area contributed by atoms with Gasteiger partial charge in [0.2, 0.25) is 11.8 Å². The Morgan fingerprint density at radius 1 is 1.11 bits per heavy atom. The van der Waals surface area contributed by atoms with E-state index >= 15 is 0 Å². The number of thioether (sulfide) groups is 1. The Kier molecular flexibility index (Phi) is 5.27. The molecule has 28 heavy (non-hydrogen) atoms.